The predicted molar refractivity (Wildman–Crippen MR) is 84.2 cm³/mol. The fourth-order valence-corrected chi connectivity index (χ4v) is 7.00. The molecule has 0 spiro atoms. The van der Waals surface area contributed by atoms with Crippen molar-refractivity contribution in [3.05, 3.63) is 0 Å². The van der Waals surface area contributed by atoms with Crippen LogP contribution in [0.1, 0.15) is 71.6 Å². The Kier molecular flexibility index (Phi) is 3.14. The van der Waals surface area contributed by atoms with Crippen LogP contribution in [-0.2, 0) is 4.79 Å². The van der Waals surface area contributed by atoms with Crippen LogP contribution in [-0.4, -0.2) is 27.7 Å². The van der Waals surface area contributed by atoms with Crippen molar-refractivity contribution >= 4 is 5.78 Å². The molecule has 0 aromatic rings. The fraction of sp³-hybridized carbons (Fsp3) is 0.947. The highest BCUT2D eigenvalue weighted by Crippen LogP contribution is 2.66. The molecule has 22 heavy (non-hydrogen) atoms. The molecule has 2 N–H and O–H groups in total. The maximum Gasteiger partial charge on any atom is 0.139 e. The van der Waals surface area contributed by atoms with E-state index in [-0.39, 0.29) is 16.9 Å². The lowest BCUT2D eigenvalue weighted by molar-refractivity contribution is -0.217. The molecule has 0 amide bonds. The highest BCUT2D eigenvalue weighted by molar-refractivity contribution is 5.87. The minimum atomic E-state index is -0.692. The first kappa shape index (κ1) is 15.1. The molecule has 0 aromatic carbocycles. The van der Waals surface area contributed by atoms with Gasteiger partial charge in [0.05, 0.1) is 11.7 Å². The number of hydrogen-bond acceptors (Lipinski definition) is 3. The number of aliphatic hydroxyl groups excluding tert-OH is 1. The number of Topliss-reactive ketones (excluding diaryl/α,β-unsaturated/α-hetero) is 1. The van der Waals surface area contributed by atoms with E-state index >= 15 is 0 Å². The average molecular weight is 306 g/mol. The van der Waals surface area contributed by atoms with E-state index in [4.69, 9.17) is 0 Å². The SMILES string of the molecule is C[C@]12CC[C@H]3[C@@H](CC[C@]4(O)C[C@@H](O)CC[C@]34C)[C@@H]1CCC2=O. The minimum Gasteiger partial charge on any atom is -0.393 e. The Bertz CT molecular complexity index is 503. The number of hydrogen-bond donors (Lipinski definition) is 2. The quantitative estimate of drug-likeness (QED) is 0.723. The highest BCUT2D eigenvalue weighted by atomic mass is 16.3. The van der Waals surface area contributed by atoms with Crippen molar-refractivity contribution in [2.75, 3.05) is 0 Å². The van der Waals surface area contributed by atoms with Crippen molar-refractivity contribution in [3.63, 3.8) is 0 Å². The van der Waals surface area contributed by atoms with Crippen LogP contribution in [0.5, 0.6) is 0 Å². The van der Waals surface area contributed by atoms with Crippen LogP contribution in [0.2, 0.25) is 0 Å². The molecule has 4 fully saturated rings. The molecule has 4 rings (SSSR count). The lowest BCUT2D eigenvalue weighted by atomic mass is 9.43. The summed E-state index contributed by atoms with van der Waals surface area (Å²) in [6.45, 7) is 4.48. The first-order chi connectivity index (χ1) is 10.3. The van der Waals surface area contributed by atoms with E-state index in [0.717, 1.165) is 51.4 Å². The normalized spacial score (nSPS) is 57.9. The van der Waals surface area contributed by atoms with Crippen molar-refractivity contribution in [3.8, 4) is 0 Å². The predicted octanol–water partition coefficient (Wildman–Crippen LogP) is 3.07. The molecule has 0 aliphatic heterocycles. The van der Waals surface area contributed by atoms with Gasteiger partial charge < -0.3 is 10.2 Å². The molecule has 0 radical (unpaired) electrons. The lowest BCUT2D eigenvalue weighted by Crippen LogP contribution is -2.62. The van der Waals surface area contributed by atoms with Gasteiger partial charge in [0.25, 0.3) is 0 Å². The van der Waals surface area contributed by atoms with E-state index in [2.05, 4.69) is 13.8 Å². The average Bonchev–Trinajstić information content (AvgIpc) is 2.76. The topological polar surface area (TPSA) is 57.5 Å². The number of ketones is 1. The first-order valence-electron chi connectivity index (χ1n) is 9.24. The molecule has 3 heteroatoms. The van der Waals surface area contributed by atoms with Crippen molar-refractivity contribution in [2.45, 2.75) is 83.3 Å². The van der Waals surface area contributed by atoms with E-state index in [1.54, 1.807) is 0 Å². The monoisotopic (exact) mass is 306 g/mol. The molecule has 4 aliphatic carbocycles. The highest BCUT2D eigenvalue weighted by Gasteiger charge is 2.64. The van der Waals surface area contributed by atoms with Gasteiger partial charge in [0.15, 0.2) is 0 Å². The number of carbonyl (C=O) groups excluding carboxylic acids is 1. The fourth-order valence-electron chi connectivity index (χ4n) is 7.00. The van der Waals surface area contributed by atoms with E-state index in [1.807, 2.05) is 0 Å². The zero-order valence-corrected chi connectivity index (χ0v) is 14.0. The van der Waals surface area contributed by atoms with Gasteiger partial charge in [0, 0.05) is 18.3 Å². The Morgan fingerprint density at radius 3 is 2.55 bits per heavy atom. The molecule has 4 saturated carbocycles. The molecule has 3 nitrogen and oxygen atoms in total. The second kappa shape index (κ2) is 4.57. The molecule has 4 aliphatic rings. The van der Waals surface area contributed by atoms with Crippen LogP contribution in [0, 0.1) is 28.6 Å². The summed E-state index contributed by atoms with van der Waals surface area (Å²) in [5.41, 5.74) is -0.842. The Balaban J connectivity index is 1.68. The Hall–Kier alpha value is -0.410. The summed E-state index contributed by atoms with van der Waals surface area (Å²) in [4.78, 5) is 12.4. The molecular formula is C19H30O3. The van der Waals surface area contributed by atoms with Crippen molar-refractivity contribution in [1.82, 2.24) is 0 Å². The van der Waals surface area contributed by atoms with Crippen LogP contribution >= 0.6 is 0 Å². The lowest BCUT2D eigenvalue weighted by Gasteiger charge is -2.63. The van der Waals surface area contributed by atoms with Crippen LogP contribution in [0.15, 0.2) is 0 Å². The van der Waals surface area contributed by atoms with E-state index < -0.39 is 5.60 Å². The van der Waals surface area contributed by atoms with Crippen molar-refractivity contribution < 1.29 is 15.0 Å². The van der Waals surface area contributed by atoms with Gasteiger partial charge in [-0.25, -0.2) is 0 Å². The van der Waals surface area contributed by atoms with E-state index in [0.29, 0.717) is 30.0 Å². The van der Waals surface area contributed by atoms with Crippen molar-refractivity contribution in [2.24, 2.45) is 28.6 Å². The maximum absolute atomic E-state index is 12.4. The molecular weight excluding hydrogens is 276 g/mol. The zero-order valence-electron chi connectivity index (χ0n) is 14.0. The molecule has 0 bridgehead atoms. The summed E-state index contributed by atoms with van der Waals surface area (Å²) in [5, 5.41) is 21.3. The summed E-state index contributed by atoms with van der Waals surface area (Å²) in [6.07, 6.45) is 7.73. The summed E-state index contributed by atoms with van der Waals surface area (Å²) >= 11 is 0. The summed E-state index contributed by atoms with van der Waals surface area (Å²) in [7, 11) is 0. The van der Waals surface area contributed by atoms with Gasteiger partial charge >= 0.3 is 0 Å². The second-order valence-corrected chi connectivity index (χ2v) is 9.18. The van der Waals surface area contributed by atoms with Gasteiger partial charge in [0.2, 0.25) is 0 Å². The number of fused-ring (bicyclic) bond motifs is 5. The molecule has 124 valence electrons. The minimum absolute atomic E-state index is 0.0673. The molecule has 0 heterocycles. The van der Waals surface area contributed by atoms with Gasteiger partial charge in [-0.05, 0) is 68.1 Å². The second-order valence-electron chi connectivity index (χ2n) is 9.18. The zero-order chi connectivity index (χ0) is 15.8. The first-order valence-corrected chi connectivity index (χ1v) is 9.24. The van der Waals surface area contributed by atoms with Crippen LogP contribution in [0.25, 0.3) is 0 Å². The molecule has 0 unspecified atom stereocenters. The summed E-state index contributed by atoms with van der Waals surface area (Å²) < 4.78 is 0. The van der Waals surface area contributed by atoms with Crippen LogP contribution < -0.4 is 0 Å². The number of rotatable bonds is 0. The van der Waals surface area contributed by atoms with Crippen LogP contribution in [0.4, 0.5) is 0 Å². The molecule has 7 atom stereocenters. The number of carbonyl (C=O) groups is 1. The summed E-state index contributed by atoms with van der Waals surface area (Å²) in [6, 6.07) is 0. The number of aliphatic hydroxyl groups is 2. The third-order valence-electron chi connectivity index (χ3n) is 8.49. The van der Waals surface area contributed by atoms with E-state index in [1.165, 1.54) is 0 Å². The molecule has 0 saturated heterocycles. The smallest absolute Gasteiger partial charge is 0.139 e. The third-order valence-corrected chi connectivity index (χ3v) is 8.49. The third kappa shape index (κ3) is 1.73. The van der Waals surface area contributed by atoms with Gasteiger partial charge in [-0.15, -0.1) is 0 Å². The molecule has 0 aromatic heterocycles. The van der Waals surface area contributed by atoms with Gasteiger partial charge in [-0.2, -0.15) is 0 Å². The van der Waals surface area contributed by atoms with E-state index in [9.17, 15) is 15.0 Å². The standard InChI is InChI=1S/C19H30O3/c1-17-8-7-15-13(14(17)3-4-16(17)21)6-10-19(22)11-12(20)5-9-18(15,19)2/h12-15,20,22H,3-11H2,1-2H3/t12-,13-,14-,15-,17-,18+,19-/m0/s1. The Morgan fingerprint density at radius 1 is 1.00 bits per heavy atom. The largest absolute Gasteiger partial charge is 0.393 e. The van der Waals surface area contributed by atoms with Crippen molar-refractivity contribution in [1.29, 1.82) is 0 Å². The van der Waals surface area contributed by atoms with Gasteiger partial charge in [-0.3, -0.25) is 4.79 Å². The maximum atomic E-state index is 12.4. The Labute approximate surface area is 133 Å². The Morgan fingerprint density at radius 2 is 1.77 bits per heavy atom. The van der Waals surface area contributed by atoms with Gasteiger partial charge in [0.1, 0.15) is 5.78 Å². The summed E-state index contributed by atoms with van der Waals surface area (Å²) in [5.74, 6) is 2.15. The van der Waals surface area contributed by atoms with Crippen LogP contribution in [0.3, 0.4) is 0 Å². The van der Waals surface area contributed by atoms with Gasteiger partial charge in [-0.1, -0.05) is 13.8 Å².